The van der Waals surface area contributed by atoms with Crippen LogP contribution in [0.5, 0.6) is 0 Å². The molecule has 0 radical (unpaired) electrons. The van der Waals surface area contributed by atoms with Gasteiger partial charge in [0.05, 0.1) is 23.9 Å². The maximum Gasteiger partial charge on any atom is 0.227 e. The van der Waals surface area contributed by atoms with E-state index in [-0.39, 0.29) is 11.9 Å². The van der Waals surface area contributed by atoms with Gasteiger partial charge < -0.3 is 9.42 Å². The SMILES string of the molecule is Cc1noc(C)c1-c1ccc([C@H]2CCCN2C(=O)Cc2cccnc2)nc1. The van der Waals surface area contributed by atoms with Gasteiger partial charge in [-0.25, -0.2) is 0 Å². The maximum absolute atomic E-state index is 12.8. The van der Waals surface area contributed by atoms with Crippen LogP contribution < -0.4 is 0 Å². The van der Waals surface area contributed by atoms with Crippen LogP contribution in [0.3, 0.4) is 0 Å². The Labute approximate surface area is 158 Å². The third-order valence-corrected chi connectivity index (χ3v) is 5.10. The number of carbonyl (C=O) groups excluding carboxylic acids is 1. The van der Waals surface area contributed by atoms with Crippen LogP contribution in [0.2, 0.25) is 0 Å². The number of hydrogen-bond acceptors (Lipinski definition) is 5. The number of rotatable bonds is 4. The summed E-state index contributed by atoms with van der Waals surface area (Å²) < 4.78 is 5.25. The fourth-order valence-corrected chi connectivity index (χ4v) is 3.80. The third-order valence-electron chi connectivity index (χ3n) is 5.10. The molecular weight excluding hydrogens is 340 g/mol. The highest BCUT2D eigenvalue weighted by molar-refractivity contribution is 5.79. The molecule has 0 aliphatic carbocycles. The van der Waals surface area contributed by atoms with Gasteiger partial charge in [-0.3, -0.25) is 14.8 Å². The van der Waals surface area contributed by atoms with Crippen molar-refractivity contribution in [3.05, 3.63) is 65.6 Å². The van der Waals surface area contributed by atoms with E-state index in [1.54, 1.807) is 12.4 Å². The summed E-state index contributed by atoms with van der Waals surface area (Å²) in [6.45, 7) is 4.60. The van der Waals surface area contributed by atoms with E-state index in [2.05, 4.69) is 15.1 Å². The summed E-state index contributed by atoms with van der Waals surface area (Å²) in [5.41, 5.74) is 4.71. The molecule has 6 heteroatoms. The van der Waals surface area contributed by atoms with Gasteiger partial charge in [0.2, 0.25) is 5.91 Å². The molecule has 0 spiro atoms. The Bertz CT molecular complexity index is 915. The van der Waals surface area contributed by atoms with Crippen LogP contribution in [-0.4, -0.2) is 32.5 Å². The minimum atomic E-state index is 0.0351. The molecule has 3 aromatic rings. The molecule has 3 aromatic heterocycles. The monoisotopic (exact) mass is 362 g/mol. The van der Waals surface area contributed by atoms with Crippen LogP contribution in [-0.2, 0) is 11.2 Å². The fraction of sp³-hybridized carbons (Fsp3) is 0.333. The first-order chi connectivity index (χ1) is 13.1. The summed E-state index contributed by atoms with van der Waals surface area (Å²) >= 11 is 0. The summed E-state index contributed by atoms with van der Waals surface area (Å²) in [4.78, 5) is 23.5. The van der Waals surface area contributed by atoms with Crippen molar-refractivity contribution in [3.63, 3.8) is 0 Å². The highest BCUT2D eigenvalue weighted by Gasteiger charge is 2.30. The molecule has 1 aliphatic heterocycles. The molecule has 4 heterocycles. The Balaban J connectivity index is 1.53. The van der Waals surface area contributed by atoms with Crippen molar-refractivity contribution in [1.29, 1.82) is 0 Å². The number of carbonyl (C=O) groups is 1. The topological polar surface area (TPSA) is 72.1 Å². The Morgan fingerprint density at radius 1 is 1.26 bits per heavy atom. The molecule has 0 aromatic carbocycles. The second-order valence-electron chi connectivity index (χ2n) is 6.95. The zero-order valence-electron chi connectivity index (χ0n) is 15.6. The van der Waals surface area contributed by atoms with E-state index < -0.39 is 0 Å². The van der Waals surface area contributed by atoms with E-state index in [0.29, 0.717) is 6.42 Å². The lowest BCUT2D eigenvalue weighted by Gasteiger charge is -2.24. The number of amides is 1. The average molecular weight is 362 g/mol. The van der Waals surface area contributed by atoms with Gasteiger partial charge in [0.25, 0.3) is 0 Å². The van der Waals surface area contributed by atoms with Crippen molar-refractivity contribution in [2.45, 2.75) is 39.2 Å². The molecule has 0 unspecified atom stereocenters. The number of hydrogen-bond donors (Lipinski definition) is 0. The van der Waals surface area contributed by atoms with Crippen molar-refractivity contribution < 1.29 is 9.32 Å². The molecule has 1 amide bonds. The molecule has 1 aliphatic rings. The minimum Gasteiger partial charge on any atom is -0.361 e. The van der Waals surface area contributed by atoms with Gasteiger partial charge in [-0.2, -0.15) is 0 Å². The van der Waals surface area contributed by atoms with Gasteiger partial charge in [-0.1, -0.05) is 17.3 Å². The number of aryl methyl sites for hydroxylation is 2. The molecule has 1 fully saturated rings. The van der Waals surface area contributed by atoms with Crippen molar-refractivity contribution in [2.75, 3.05) is 6.54 Å². The molecule has 6 nitrogen and oxygen atoms in total. The van der Waals surface area contributed by atoms with Crippen LogP contribution in [0.15, 0.2) is 47.4 Å². The number of likely N-dealkylation sites (tertiary alicyclic amines) is 1. The largest absolute Gasteiger partial charge is 0.361 e. The van der Waals surface area contributed by atoms with E-state index >= 15 is 0 Å². The van der Waals surface area contributed by atoms with Crippen LogP contribution in [0.1, 0.15) is 41.6 Å². The zero-order chi connectivity index (χ0) is 18.8. The Morgan fingerprint density at radius 3 is 2.81 bits per heavy atom. The maximum atomic E-state index is 12.8. The first-order valence-corrected chi connectivity index (χ1v) is 9.21. The smallest absolute Gasteiger partial charge is 0.227 e. The van der Waals surface area contributed by atoms with Gasteiger partial charge in [0.1, 0.15) is 5.76 Å². The molecule has 0 bridgehead atoms. The first kappa shape index (κ1) is 17.4. The molecule has 4 rings (SSSR count). The van der Waals surface area contributed by atoms with Crippen molar-refractivity contribution in [3.8, 4) is 11.1 Å². The highest BCUT2D eigenvalue weighted by atomic mass is 16.5. The summed E-state index contributed by atoms with van der Waals surface area (Å²) in [5.74, 6) is 0.915. The normalized spacial score (nSPS) is 16.7. The van der Waals surface area contributed by atoms with E-state index in [0.717, 1.165) is 53.2 Å². The second kappa shape index (κ2) is 7.31. The zero-order valence-corrected chi connectivity index (χ0v) is 15.6. The van der Waals surface area contributed by atoms with Gasteiger partial charge in [-0.05, 0) is 44.4 Å². The lowest BCUT2D eigenvalue weighted by molar-refractivity contribution is -0.131. The summed E-state index contributed by atoms with van der Waals surface area (Å²) in [6.07, 6.45) is 7.63. The van der Waals surface area contributed by atoms with E-state index in [4.69, 9.17) is 4.52 Å². The molecule has 0 N–H and O–H groups in total. The quantitative estimate of drug-likeness (QED) is 0.708. The molecule has 138 valence electrons. The van der Waals surface area contributed by atoms with Crippen LogP contribution in [0.4, 0.5) is 0 Å². The average Bonchev–Trinajstić information content (AvgIpc) is 3.30. The van der Waals surface area contributed by atoms with Gasteiger partial charge in [0, 0.05) is 36.3 Å². The number of nitrogens with zero attached hydrogens (tertiary/aromatic N) is 4. The van der Waals surface area contributed by atoms with Crippen LogP contribution >= 0.6 is 0 Å². The lowest BCUT2D eigenvalue weighted by atomic mass is 10.0. The van der Waals surface area contributed by atoms with Crippen molar-refractivity contribution >= 4 is 5.91 Å². The lowest BCUT2D eigenvalue weighted by Crippen LogP contribution is -2.32. The summed E-state index contributed by atoms with van der Waals surface area (Å²) in [5, 5.41) is 4.01. The molecule has 1 saturated heterocycles. The summed E-state index contributed by atoms with van der Waals surface area (Å²) in [6, 6.07) is 7.89. The van der Waals surface area contributed by atoms with Gasteiger partial charge >= 0.3 is 0 Å². The Morgan fingerprint density at radius 2 is 2.15 bits per heavy atom. The molecule has 1 atom stereocenters. The summed E-state index contributed by atoms with van der Waals surface area (Å²) in [7, 11) is 0. The second-order valence-corrected chi connectivity index (χ2v) is 6.95. The minimum absolute atomic E-state index is 0.0351. The number of aromatic nitrogens is 3. The van der Waals surface area contributed by atoms with E-state index in [1.807, 2.05) is 49.2 Å². The van der Waals surface area contributed by atoms with Crippen molar-refractivity contribution in [2.24, 2.45) is 0 Å². The van der Waals surface area contributed by atoms with E-state index in [1.165, 1.54) is 0 Å². The Hall–Kier alpha value is -3.02. The van der Waals surface area contributed by atoms with Crippen LogP contribution in [0.25, 0.3) is 11.1 Å². The molecule has 27 heavy (non-hydrogen) atoms. The van der Waals surface area contributed by atoms with Gasteiger partial charge in [-0.15, -0.1) is 0 Å². The van der Waals surface area contributed by atoms with E-state index in [9.17, 15) is 4.79 Å². The Kier molecular flexibility index (Phi) is 4.71. The number of pyridine rings is 2. The van der Waals surface area contributed by atoms with Gasteiger partial charge in [0.15, 0.2) is 0 Å². The predicted octanol–water partition coefficient (Wildman–Crippen LogP) is 3.65. The highest BCUT2D eigenvalue weighted by Crippen LogP contribution is 2.33. The third kappa shape index (κ3) is 3.47. The molecular formula is C21H22N4O2. The predicted molar refractivity (Wildman–Crippen MR) is 101 cm³/mol. The van der Waals surface area contributed by atoms with Crippen molar-refractivity contribution in [1.82, 2.24) is 20.0 Å². The molecule has 0 saturated carbocycles. The standard InChI is InChI=1S/C21H22N4O2/c1-14-21(15(2)27-24-14)17-7-8-18(23-13-17)19-6-4-10-25(19)20(26)11-16-5-3-9-22-12-16/h3,5,7-9,12-13,19H,4,6,10-11H2,1-2H3/t19-/m1/s1. The van der Waals surface area contributed by atoms with Crippen LogP contribution in [0, 0.1) is 13.8 Å². The fourth-order valence-electron chi connectivity index (χ4n) is 3.80. The first-order valence-electron chi connectivity index (χ1n) is 9.21.